The minimum atomic E-state index is -1.25. The van der Waals surface area contributed by atoms with Crippen LogP contribution in [0.25, 0.3) is 0 Å². The smallest absolute Gasteiger partial charge is 0.336 e. The van der Waals surface area contributed by atoms with E-state index in [1.165, 1.54) is 39.3 Å². The molecule has 0 saturated carbocycles. The highest BCUT2D eigenvalue weighted by Gasteiger charge is 2.11. The van der Waals surface area contributed by atoms with Gasteiger partial charge in [-0.3, -0.25) is 0 Å². The summed E-state index contributed by atoms with van der Waals surface area (Å²) in [5, 5.41) is 20.1. The highest BCUT2D eigenvalue weighted by Crippen LogP contribution is 2.40. The summed E-state index contributed by atoms with van der Waals surface area (Å²) in [5.74, 6) is -2.26. The number of carboxylic acids is 2. The summed E-state index contributed by atoms with van der Waals surface area (Å²) in [6.45, 7) is 1.10. The molecule has 7 heteroatoms. The summed E-state index contributed by atoms with van der Waals surface area (Å²) in [6.07, 6.45) is 0. The summed E-state index contributed by atoms with van der Waals surface area (Å²) in [7, 11) is 9.00. The number of quaternary nitrogens is 1. The lowest BCUT2D eigenvalue weighted by atomic mass is 10.2. The van der Waals surface area contributed by atoms with Gasteiger partial charge in [0.1, 0.15) is 6.54 Å². The molecule has 0 fully saturated rings. The van der Waals surface area contributed by atoms with Crippen molar-refractivity contribution in [3.05, 3.63) is 95.6 Å². The minimum Gasteiger partial charge on any atom is -0.545 e. The van der Waals surface area contributed by atoms with Crippen molar-refractivity contribution < 1.29 is 24.3 Å². The molecule has 0 amide bonds. The second-order valence-corrected chi connectivity index (χ2v) is 9.90. The van der Waals surface area contributed by atoms with E-state index < -0.39 is 11.9 Å². The summed E-state index contributed by atoms with van der Waals surface area (Å²) in [5.41, 5.74) is 1.69. The highest BCUT2D eigenvalue weighted by atomic mass is 33.1. The van der Waals surface area contributed by atoms with Crippen molar-refractivity contribution in [2.24, 2.45) is 0 Å². The maximum Gasteiger partial charge on any atom is 0.336 e. The Balaban J connectivity index is 0.000000262. The Morgan fingerprint density at radius 1 is 0.774 bits per heavy atom. The van der Waals surface area contributed by atoms with Crippen molar-refractivity contribution in [1.29, 1.82) is 0 Å². The number of carbonyl (C=O) groups is 2. The van der Waals surface area contributed by atoms with Crippen LogP contribution in [0.15, 0.2) is 88.7 Å². The van der Waals surface area contributed by atoms with Crippen LogP contribution < -0.4 is 5.11 Å². The molecule has 0 saturated heterocycles. The van der Waals surface area contributed by atoms with Gasteiger partial charge in [0, 0.05) is 20.9 Å². The van der Waals surface area contributed by atoms with Crippen molar-refractivity contribution in [2.75, 3.05) is 21.1 Å². The van der Waals surface area contributed by atoms with Crippen molar-refractivity contribution >= 4 is 33.5 Å². The van der Waals surface area contributed by atoms with E-state index in [4.69, 9.17) is 5.11 Å². The quantitative estimate of drug-likeness (QED) is 0.419. The van der Waals surface area contributed by atoms with Crippen LogP contribution in [0.3, 0.4) is 0 Å². The SMILES string of the molecule is C[N+](C)(C)Cc1ccccc1.O=C([O-])c1ccccc1SSc1ccccc1C(=O)O. The molecule has 0 heterocycles. The molecule has 3 aromatic carbocycles. The molecule has 0 radical (unpaired) electrons. The maximum atomic E-state index is 11.1. The topological polar surface area (TPSA) is 77.4 Å². The standard InChI is InChI=1S/C14H10O4S2.C10H16N/c15-13(16)9-5-1-3-7-11(9)19-20-12-8-4-2-6-10(12)14(17)18;1-11(2,3)9-10-7-5-4-6-8-10/h1-8H,(H,15,16)(H,17,18);4-8H,9H2,1-3H3/q;+1/p-1. The van der Waals surface area contributed by atoms with Crippen LogP contribution in [0.1, 0.15) is 26.3 Å². The first-order valence-corrected chi connectivity index (χ1v) is 11.6. The van der Waals surface area contributed by atoms with E-state index in [0.717, 1.165) is 11.0 Å². The number of carboxylic acid groups (broad SMARTS) is 2. The Kier molecular flexibility index (Phi) is 9.18. The number of nitrogens with zero attached hydrogens (tertiary/aromatic N) is 1. The molecular formula is C24H25NO4S2. The van der Waals surface area contributed by atoms with Crippen molar-refractivity contribution in [3.63, 3.8) is 0 Å². The van der Waals surface area contributed by atoms with E-state index in [-0.39, 0.29) is 11.1 Å². The first-order valence-electron chi connectivity index (χ1n) is 9.49. The van der Waals surface area contributed by atoms with Gasteiger partial charge in [0.05, 0.1) is 32.7 Å². The number of rotatable bonds is 7. The molecule has 0 aliphatic rings. The zero-order valence-electron chi connectivity index (χ0n) is 17.6. The van der Waals surface area contributed by atoms with Crippen LogP contribution in [0.5, 0.6) is 0 Å². The van der Waals surface area contributed by atoms with E-state index in [1.807, 2.05) is 0 Å². The van der Waals surface area contributed by atoms with Gasteiger partial charge in [0.25, 0.3) is 0 Å². The molecule has 31 heavy (non-hydrogen) atoms. The zero-order chi connectivity index (χ0) is 22.9. The normalized spacial score (nSPS) is 10.7. The van der Waals surface area contributed by atoms with Crippen LogP contribution in [0, 0.1) is 0 Å². The molecule has 3 aromatic rings. The van der Waals surface area contributed by atoms with E-state index in [1.54, 1.807) is 36.4 Å². The first-order chi connectivity index (χ1) is 14.7. The van der Waals surface area contributed by atoms with Gasteiger partial charge in [-0.25, -0.2) is 4.79 Å². The predicted octanol–water partition coefficient (Wildman–Crippen LogP) is 4.44. The van der Waals surface area contributed by atoms with Gasteiger partial charge in [0.2, 0.25) is 0 Å². The van der Waals surface area contributed by atoms with Gasteiger partial charge in [-0.15, -0.1) is 0 Å². The Morgan fingerprint density at radius 2 is 1.23 bits per heavy atom. The van der Waals surface area contributed by atoms with E-state index >= 15 is 0 Å². The second kappa shape index (κ2) is 11.6. The van der Waals surface area contributed by atoms with Gasteiger partial charge in [-0.1, -0.05) is 82.3 Å². The molecule has 0 atom stereocenters. The fourth-order valence-electron chi connectivity index (χ4n) is 2.64. The van der Waals surface area contributed by atoms with Crippen molar-refractivity contribution in [3.8, 4) is 0 Å². The van der Waals surface area contributed by atoms with E-state index in [0.29, 0.717) is 9.79 Å². The highest BCUT2D eigenvalue weighted by molar-refractivity contribution is 8.76. The third-order valence-corrected chi connectivity index (χ3v) is 6.43. The second-order valence-electron chi connectivity index (χ2n) is 7.69. The number of hydrogen-bond acceptors (Lipinski definition) is 5. The monoisotopic (exact) mass is 455 g/mol. The lowest BCUT2D eigenvalue weighted by Gasteiger charge is -2.23. The molecule has 0 spiro atoms. The fraction of sp³-hybridized carbons (Fsp3) is 0.167. The van der Waals surface area contributed by atoms with E-state index in [9.17, 15) is 14.7 Å². The number of aromatic carboxylic acids is 2. The summed E-state index contributed by atoms with van der Waals surface area (Å²) in [4.78, 5) is 23.2. The minimum absolute atomic E-state index is 0.0952. The van der Waals surface area contributed by atoms with Crippen LogP contribution in [0.2, 0.25) is 0 Å². The Labute approximate surface area is 190 Å². The van der Waals surface area contributed by atoms with Gasteiger partial charge < -0.3 is 19.5 Å². The molecule has 0 unspecified atom stereocenters. The lowest BCUT2D eigenvalue weighted by Crippen LogP contribution is -2.33. The molecule has 1 N–H and O–H groups in total. The Morgan fingerprint density at radius 3 is 1.71 bits per heavy atom. The first kappa shape index (κ1) is 24.5. The maximum absolute atomic E-state index is 11.1. The largest absolute Gasteiger partial charge is 0.545 e. The molecule has 5 nitrogen and oxygen atoms in total. The molecule has 0 aromatic heterocycles. The predicted molar refractivity (Wildman–Crippen MR) is 124 cm³/mol. The van der Waals surface area contributed by atoms with Gasteiger partial charge in [-0.05, 0) is 18.2 Å². The molecule has 0 bridgehead atoms. The van der Waals surface area contributed by atoms with Crippen LogP contribution in [-0.2, 0) is 6.54 Å². The summed E-state index contributed by atoms with van der Waals surface area (Å²) in [6, 6.07) is 23.6. The Bertz CT molecular complexity index is 960. The molecule has 0 aliphatic carbocycles. The average Bonchev–Trinajstić information content (AvgIpc) is 2.72. The third kappa shape index (κ3) is 8.49. The number of carbonyl (C=O) groups excluding carboxylic acids is 1. The third-order valence-electron chi connectivity index (χ3n) is 3.95. The van der Waals surface area contributed by atoms with Crippen molar-refractivity contribution in [2.45, 2.75) is 16.3 Å². The van der Waals surface area contributed by atoms with E-state index in [2.05, 4.69) is 51.5 Å². The zero-order valence-corrected chi connectivity index (χ0v) is 19.3. The van der Waals surface area contributed by atoms with Gasteiger partial charge >= 0.3 is 5.97 Å². The average molecular weight is 456 g/mol. The van der Waals surface area contributed by atoms with Crippen LogP contribution in [0.4, 0.5) is 0 Å². The number of hydrogen-bond donors (Lipinski definition) is 1. The molecular weight excluding hydrogens is 430 g/mol. The molecule has 162 valence electrons. The van der Waals surface area contributed by atoms with Crippen molar-refractivity contribution in [1.82, 2.24) is 0 Å². The van der Waals surface area contributed by atoms with Crippen LogP contribution in [-0.4, -0.2) is 42.7 Å². The van der Waals surface area contributed by atoms with Crippen LogP contribution >= 0.6 is 21.6 Å². The fourth-order valence-corrected chi connectivity index (χ4v) is 4.99. The number of benzene rings is 3. The summed E-state index contributed by atoms with van der Waals surface area (Å²) >= 11 is 0. The van der Waals surface area contributed by atoms with Gasteiger partial charge in [0.15, 0.2) is 0 Å². The van der Waals surface area contributed by atoms with Gasteiger partial charge in [-0.2, -0.15) is 0 Å². The molecule has 3 rings (SSSR count). The summed E-state index contributed by atoms with van der Waals surface area (Å²) < 4.78 is 0.990. The lowest BCUT2D eigenvalue weighted by molar-refractivity contribution is -0.884. The Hall–Kier alpha value is -2.74. The molecule has 0 aliphatic heterocycles.